The predicted molar refractivity (Wildman–Crippen MR) is 217 cm³/mol. The molecule has 0 aliphatic heterocycles. The van der Waals surface area contributed by atoms with Crippen molar-refractivity contribution < 1.29 is 43.8 Å². The number of carbonyl (C=O) groups is 6. The van der Waals surface area contributed by atoms with E-state index in [4.69, 9.17) is 22.6 Å². The van der Waals surface area contributed by atoms with E-state index in [-0.39, 0.29) is 68.6 Å². The number of aliphatic hydroxyl groups excluding tert-OH is 1. The topological polar surface area (TPSA) is 350 Å². The average Bonchev–Trinajstić information content (AvgIpc) is 3.18. The lowest BCUT2D eigenvalue weighted by atomic mass is 9.99. The Balaban J connectivity index is 2.50. The molecule has 6 atom stereocenters. The number of nitrogens with two attached hydrogens (primary N) is 3. The first-order valence-corrected chi connectivity index (χ1v) is 19.1. The molecule has 15 N–H and O–H groups in total. The average molecular weight is 826 g/mol. The highest BCUT2D eigenvalue weighted by atomic mass is 16.3. The van der Waals surface area contributed by atoms with E-state index < -0.39 is 78.4 Å². The molecular formula is C38H57N12O9. The summed E-state index contributed by atoms with van der Waals surface area (Å²) in [6.07, 6.45) is 3.67. The molecule has 2 aromatic rings. The van der Waals surface area contributed by atoms with Gasteiger partial charge in [-0.15, -0.1) is 0 Å². The Bertz CT molecular complexity index is 1710. The number of aliphatic hydroxyl groups is 1. The zero-order valence-corrected chi connectivity index (χ0v) is 33.4. The highest BCUT2D eigenvalue weighted by Gasteiger charge is 2.36. The zero-order valence-electron chi connectivity index (χ0n) is 33.4. The summed E-state index contributed by atoms with van der Waals surface area (Å²) in [5.41, 5.74) is 16.7. The number of nitrogens with one attached hydrogen (secondary N) is 7. The largest absolute Gasteiger partial charge is 0.508 e. The van der Waals surface area contributed by atoms with Crippen LogP contribution in [0.15, 0.2) is 48.7 Å². The van der Waals surface area contributed by atoms with Crippen molar-refractivity contribution in [3.63, 3.8) is 0 Å². The van der Waals surface area contributed by atoms with Crippen molar-refractivity contribution in [2.24, 2.45) is 23.1 Å². The normalized spacial score (nSPS) is 13.9. The van der Waals surface area contributed by atoms with Gasteiger partial charge in [-0.3, -0.25) is 39.1 Å². The van der Waals surface area contributed by atoms with Gasteiger partial charge >= 0.3 is 6.03 Å². The molecule has 1 heterocycles. The maximum atomic E-state index is 14.5. The van der Waals surface area contributed by atoms with Crippen molar-refractivity contribution >= 4 is 53.6 Å². The molecule has 1 aromatic heterocycles. The molecule has 0 unspecified atom stereocenters. The van der Waals surface area contributed by atoms with E-state index in [1.807, 2.05) is 20.1 Å². The van der Waals surface area contributed by atoms with Gasteiger partial charge in [-0.25, -0.2) is 9.78 Å². The lowest BCUT2D eigenvalue weighted by Crippen LogP contribution is -2.60. The number of hydrogen-bond acceptors (Lipinski definition) is 12. The number of anilines is 1. The summed E-state index contributed by atoms with van der Waals surface area (Å²) in [6.45, 7) is 4.40. The van der Waals surface area contributed by atoms with Gasteiger partial charge in [0.25, 0.3) is 5.91 Å². The van der Waals surface area contributed by atoms with Gasteiger partial charge < -0.3 is 59.3 Å². The van der Waals surface area contributed by atoms with E-state index >= 15 is 0 Å². The highest BCUT2D eigenvalue weighted by Crippen LogP contribution is 2.20. The van der Waals surface area contributed by atoms with Crippen molar-refractivity contribution in [1.29, 1.82) is 5.41 Å². The molecular weight excluding hydrogens is 768 g/mol. The number of phenolic OH excluding ortho intramolecular Hbond substituents is 1. The second kappa shape index (κ2) is 25.1. The Kier molecular flexibility index (Phi) is 20.8. The number of pyridine rings is 1. The molecule has 0 bridgehead atoms. The lowest BCUT2D eigenvalue weighted by molar-refractivity contribution is -0.135. The third-order valence-corrected chi connectivity index (χ3v) is 8.71. The molecule has 1 aromatic carbocycles. The van der Waals surface area contributed by atoms with Gasteiger partial charge in [0.15, 0.2) is 5.96 Å². The second-order valence-corrected chi connectivity index (χ2v) is 14.2. The maximum absolute atomic E-state index is 14.5. The first-order valence-electron chi connectivity index (χ1n) is 19.1. The molecule has 0 aliphatic rings. The Morgan fingerprint density at radius 3 is 1.93 bits per heavy atom. The van der Waals surface area contributed by atoms with Crippen LogP contribution in [-0.2, 0) is 35.2 Å². The van der Waals surface area contributed by atoms with E-state index in [0.717, 1.165) is 4.90 Å². The van der Waals surface area contributed by atoms with Crippen molar-refractivity contribution in [2.45, 2.75) is 95.5 Å². The van der Waals surface area contributed by atoms with E-state index in [9.17, 15) is 43.8 Å². The number of benzene rings is 1. The number of urea groups is 1. The predicted octanol–water partition coefficient (Wildman–Crippen LogP) is -2.12. The fourth-order valence-electron chi connectivity index (χ4n) is 5.72. The summed E-state index contributed by atoms with van der Waals surface area (Å²) in [5, 5.41) is 42.3. The van der Waals surface area contributed by atoms with Gasteiger partial charge in [0.2, 0.25) is 29.9 Å². The van der Waals surface area contributed by atoms with E-state index in [2.05, 4.69) is 36.9 Å². The van der Waals surface area contributed by atoms with Crippen LogP contribution in [0.2, 0.25) is 0 Å². The Morgan fingerprint density at radius 1 is 0.797 bits per heavy atom. The van der Waals surface area contributed by atoms with Gasteiger partial charge in [-0.1, -0.05) is 32.0 Å². The molecule has 1 radical (unpaired) electrons. The standard InChI is InChI=1S/C38H57N12O9/c1-22(2)18-29(36(58)50(31-10-4-5-15-43-31)25(20-51)8-6-16-44-37(40)41)48-33(55)27(9-7-17-45-38(42)59)46-34(56)28(19-24-11-13-26(53)14-12-24)47-35(57)30(21-52)49-32(54)23(3)39/h4-5,10-15,22-23,25,27-30,52-53H,6-9,16-19,21,39H2,1-3H3,(H,46,56)(H,47,57)(H,48,55)(H,49,54)(H4,40,41,44)(H3,42,45,59)/t23-,25-,27-,28-,29-,30-/m0/s1. The van der Waals surface area contributed by atoms with Gasteiger partial charge in [0.1, 0.15) is 41.8 Å². The van der Waals surface area contributed by atoms with Crippen LogP contribution in [0.1, 0.15) is 58.4 Å². The molecule has 0 saturated carbocycles. The van der Waals surface area contributed by atoms with Crippen LogP contribution in [0.25, 0.3) is 0 Å². The molecule has 0 aliphatic carbocycles. The summed E-state index contributed by atoms with van der Waals surface area (Å²) in [4.78, 5) is 97.5. The smallest absolute Gasteiger partial charge is 0.312 e. The Morgan fingerprint density at radius 2 is 1.37 bits per heavy atom. The van der Waals surface area contributed by atoms with Crippen LogP contribution in [0.3, 0.4) is 0 Å². The van der Waals surface area contributed by atoms with E-state index in [1.54, 1.807) is 12.1 Å². The Labute approximate surface area is 342 Å². The second-order valence-electron chi connectivity index (χ2n) is 14.2. The summed E-state index contributed by atoms with van der Waals surface area (Å²) in [7, 11) is 0. The van der Waals surface area contributed by atoms with Crippen molar-refractivity contribution in [2.75, 3.05) is 24.6 Å². The minimum absolute atomic E-state index is 0.0112. The monoisotopic (exact) mass is 825 g/mol. The summed E-state index contributed by atoms with van der Waals surface area (Å²) < 4.78 is 0. The van der Waals surface area contributed by atoms with Crippen molar-refractivity contribution in [1.82, 2.24) is 36.9 Å². The fourth-order valence-corrected chi connectivity index (χ4v) is 5.72. The molecule has 323 valence electrons. The molecule has 0 fully saturated rings. The minimum Gasteiger partial charge on any atom is -0.508 e. The number of aromatic hydroxyl groups is 1. The van der Waals surface area contributed by atoms with Gasteiger partial charge in [-0.05, 0) is 74.8 Å². The number of primary amides is 1. The first kappa shape index (κ1) is 48.8. The highest BCUT2D eigenvalue weighted by molar-refractivity contribution is 6.02. The molecule has 0 saturated heterocycles. The molecule has 7 amide bonds. The van der Waals surface area contributed by atoms with Crippen molar-refractivity contribution in [3.05, 3.63) is 54.2 Å². The van der Waals surface area contributed by atoms with Gasteiger partial charge in [0, 0.05) is 25.7 Å². The van der Waals surface area contributed by atoms with Crippen LogP contribution >= 0.6 is 0 Å². The maximum Gasteiger partial charge on any atom is 0.312 e. The van der Waals surface area contributed by atoms with E-state index in [1.165, 1.54) is 43.5 Å². The zero-order chi connectivity index (χ0) is 44.1. The van der Waals surface area contributed by atoms with E-state index in [0.29, 0.717) is 12.0 Å². The number of aromatic nitrogens is 1. The first-order chi connectivity index (χ1) is 28.0. The van der Waals surface area contributed by atoms with Crippen LogP contribution < -0.4 is 54.0 Å². The van der Waals surface area contributed by atoms with Crippen LogP contribution in [0, 0.1) is 11.3 Å². The molecule has 21 nitrogen and oxygen atoms in total. The van der Waals surface area contributed by atoms with Crippen LogP contribution in [0.5, 0.6) is 5.75 Å². The quantitative estimate of drug-likeness (QED) is 0.0290. The number of phenols is 1. The van der Waals surface area contributed by atoms with Gasteiger partial charge in [0.05, 0.1) is 12.6 Å². The number of carbonyl (C=O) groups excluding carboxylic acids is 7. The molecule has 59 heavy (non-hydrogen) atoms. The third kappa shape index (κ3) is 17.4. The number of guanidine groups is 1. The number of nitrogens with zero attached hydrogens (tertiary/aromatic N) is 2. The van der Waals surface area contributed by atoms with Crippen molar-refractivity contribution in [3.8, 4) is 5.75 Å². The molecule has 0 spiro atoms. The minimum atomic E-state index is -1.50. The summed E-state index contributed by atoms with van der Waals surface area (Å²) >= 11 is 0. The van der Waals surface area contributed by atoms with Crippen LogP contribution in [-0.4, -0.2) is 119 Å². The molecule has 2 rings (SSSR count). The fraction of sp³-hybridized carbons (Fsp3) is 0.500. The third-order valence-electron chi connectivity index (χ3n) is 8.71. The molecule has 21 heteroatoms. The number of amides is 7. The van der Waals surface area contributed by atoms with Crippen LogP contribution in [0.4, 0.5) is 10.6 Å². The summed E-state index contributed by atoms with van der Waals surface area (Å²) in [5.74, 6) is -4.46. The SMILES string of the molecule is CC(C)C[C@H](NC(=O)[C@H](CCCNC(N)=O)NC(=O)[C@H](Cc1ccc(O)cc1)NC(=O)[C@H](CO)NC(=O)[C@H](C)N)C(=O)N(c1ccccn1)[C@H]([C]=O)CCCNC(=N)N. The number of rotatable bonds is 25. The number of hydrogen-bond donors (Lipinski definition) is 12. The summed E-state index contributed by atoms with van der Waals surface area (Å²) in [6, 6.07) is 1.95. The Hall–Kier alpha value is -6.35. The lowest BCUT2D eigenvalue weighted by Gasteiger charge is -2.32. The van der Waals surface area contributed by atoms with Gasteiger partial charge in [-0.2, -0.15) is 0 Å².